The second-order valence-electron chi connectivity index (χ2n) is 3.89. The lowest BCUT2D eigenvalue weighted by Crippen LogP contribution is -2.33. The minimum absolute atomic E-state index is 0.0798. The zero-order chi connectivity index (χ0) is 11.5. The maximum absolute atomic E-state index is 11.8. The molecule has 0 saturated carbocycles. The van der Waals surface area contributed by atoms with Gasteiger partial charge >= 0.3 is 0 Å². The van der Waals surface area contributed by atoms with Crippen molar-refractivity contribution < 1.29 is 14.7 Å². The molecule has 0 atom stereocenters. The number of nitrogens with zero attached hydrogens (tertiary/aromatic N) is 1. The molecule has 1 fully saturated rings. The molecule has 0 radical (unpaired) electrons. The van der Waals surface area contributed by atoms with Crippen molar-refractivity contribution in [3.05, 3.63) is 29.8 Å². The Morgan fingerprint density at radius 3 is 2.56 bits per heavy atom. The van der Waals surface area contributed by atoms with Gasteiger partial charge in [0, 0.05) is 13.0 Å². The van der Waals surface area contributed by atoms with Crippen LogP contribution in [0.25, 0.3) is 0 Å². The maximum Gasteiger partial charge on any atom is 0.233 e. The number of hydrogen-bond donors (Lipinski definition) is 1. The second kappa shape index (κ2) is 4.35. The molecular weight excluding hydrogens is 206 g/mol. The first-order valence-electron chi connectivity index (χ1n) is 5.28. The Bertz CT molecular complexity index is 411. The normalized spacial score (nSPS) is 15.5. The lowest BCUT2D eigenvalue weighted by Gasteiger charge is -2.13. The third-order valence-electron chi connectivity index (χ3n) is 2.67. The number of carbonyl (C=O) groups excluding carboxylic acids is 2. The number of phenols is 1. The Morgan fingerprint density at radius 2 is 2.00 bits per heavy atom. The third-order valence-corrected chi connectivity index (χ3v) is 2.67. The first-order chi connectivity index (χ1) is 7.66. The van der Waals surface area contributed by atoms with Gasteiger partial charge in [0.15, 0.2) is 0 Å². The quantitative estimate of drug-likeness (QED) is 0.809. The Morgan fingerprint density at radius 1 is 1.31 bits per heavy atom. The van der Waals surface area contributed by atoms with Crippen molar-refractivity contribution in [1.29, 1.82) is 0 Å². The van der Waals surface area contributed by atoms with E-state index in [-0.39, 0.29) is 24.0 Å². The van der Waals surface area contributed by atoms with Gasteiger partial charge in [0.1, 0.15) is 5.75 Å². The highest BCUT2D eigenvalue weighted by atomic mass is 16.3. The first-order valence-corrected chi connectivity index (χ1v) is 5.28. The second-order valence-corrected chi connectivity index (χ2v) is 3.89. The molecule has 1 aliphatic rings. The molecule has 0 aromatic heterocycles. The summed E-state index contributed by atoms with van der Waals surface area (Å²) in [6.45, 7) is 0.537. The molecular formula is C12H13NO3. The van der Waals surface area contributed by atoms with Crippen LogP contribution in [0.15, 0.2) is 24.3 Å². The molecule has 1 aromatic carbocycles. The average Bonchev–Trinajstić information content (AvgIpc) is 2.68. The summed E-state index contributed by atoms with van der Waals surface area (Å²) in [7, 11) is 0. The number of imide groups is 1. The van der Waals surface area contributed by atoms with E-state index in [1.165, 1.54) is 17.0 Å². The largest absolute Gasteiger partial charge is 0.508 e. The van der Waals surface area contributed by atoms with Gasteiger partial charge in [-0.1, -0.05) is 12.1 Å². The van der Waals surface area contributed by atoms with Crippen LogP contribution < -0.4 is 0 Å². The van der Waals surface area contributed by atoms with Crippen LogP contribution in [0.2, 0.25) is 0 Å². The predicted octanol–water partition coefficient (Wildman–Crippen LogP) is 1.08. The van der Waals surface area contributed by atoms with Gasteiger partial charge in [-0.2, -0.15) is 0 Å². The predicted molar refractivity (Wildman–Crippen MR) is 57.8 cm³/mol. The zero-order valence-corrected chi connectivity index (χ0v) is 8.85. The number of likely N-dealkylation sites (tertiary alicyclic amines) is 1. The molecule has 84 valence electrons. The van der Waals surface area contributed by atoms with E-state index in [1.54, 1.807) is 12.1 Å². The van der Waals surface area contributed by atoms with Crippen molar-refractivity contribution in [1.82, 2.24) is 4.90 Å². The van der Waals surface area contributed by atoms with Gasteiger partial charge in [0.05, 0.1) is 6.42 Å². The number of phenolic OH excluding ortho intramolecular Hbond substituents is 1. The van der Waals surface area contributed by atoms with Gasteiger partial charge in [-0.25, -0.2) is 0 Å². The molecule has 1 heterocycles. The van der Waals surface area contributed by atoms with Gasteiger partial charge in [-0.15, -0.1) is 0 Å². The van der Waals surface area contributed by atoms with Crippen LogP contribution >= 0.6 is 0 Å². The van der Waals surface area contributed by atoms with E-state index in [9.17, 15) is 9.59 Å². The Kier molecular flexibility index (Phi) is 2.90. The topological polar surface area (TPSA) is 57.6 Å². The fraction of sp³-hybridized carbons (Fsp3) is 0.333. The first kappa shape index (κ1) is 10.7. The van der Waals surface area contributed by atoms with Crippen LogP contribution in [0, 0.1) is 0 Å². The minimum atomic E-state index is -0.159. The Hall–Kier alpha value is -1.84. The molecule has 16 heavy (non-hydrogen) atoms. The van der Waals surface area contributed by atoms with Crippen LogP contribution in [0.4, 0.5) is 0 Å². The summed E-state index contributed by atoms with van der Waals surface area (Å²) in [6, 6.07) is 6.45. The molecule has 1 N–H and O–H groups in total. The summed E-state index contributed by atoms with van der Waals surface area (Å²) < 4.78 is 0. The summed E-state index contributed by atoms with van der Waals surface area (Å²) in [5.74, 6) is -0.0644. The fourth-order valence-corrected chi connectivity index (χ4v) is 1.80. The number of rotatable bonds is 2. The number of aromatic hydroxyl groups is 1. The highest BCUT2D eigenvalue weighted by molar-refractivity contribution is 5.97. The molecule has 0 bridgehead atoms. The van der Waals surface area contributed by atoms with Crippen LogP contribution in [0.3, 0.4) is 0 Å². The summed E-state index contributed by atoms with van der Waals surface area (Å²) in [6.07, 6.45) is 1.45. The molecule has 0 spiro atoms. The molecule has 0 aliphatic carbocycles. The maximum atomic E-state index is 11.8. The van der Waals surface area contributed by atoms with Crippen molar-refractivity contribution >= 4 is 11.8 Å². The SMILES string of the molecule is O=C1CCCN1C(=O)Cc1ccc(O)cc1. The highest BCUT2D eigenvalue weighted by Crippen LogP contribution is 2.14. The standard InChI is InChI=1S/C12H13NO3/c14-10-5-3-9(4-6-10)8-12(16)13-7-1-2-11(13)15/h3-6,14H,1-2,7-8H2. The molecule has 1 aromatic rings. The van der Waals surface area contributed by atoms with Gasteiger partial charge < -0.3 is 5.11 Å². The van der Waals surface area contributed by atoms with E-state index >= 15 is 0 Å². The average molecular weight is 219 g/mol. The summed E-state index contributed by atoms with van der Waals surface area (Å²) in [5, 5.41) is 9.09. The number of amides is 2. The lowest BCUT2D eigenvalue weighted by atomic mass is 10.1. The van der Waals surface area contributed by atoms with Gasteiger partial charge in [-0.3, -0.25) is 14.5 Å². The number of benzene rings is 1. The van der Waals surface area contributed by atoms with Gasteiger partial charge in [0.25, 0.3) is 0 Å². The summed E-state index contributed by atoms with van der Waals surface area (Å²) in [5.41, 5.74) is 0.808. The van der Waals surface area contributed by atoms with E-state index in [0.29, 0.717) is 13.0 Å². The van der Waals surface area contributed by atoms with E-state index in [1.807, 2.05) is 0 Å². The van der Waals surface area contributed by atoms with Gasteiger partial charge in [0.2, 0.25) is 11.8 Å². The van der Waals surface area contributed by atoms with Crippen molar-refractivity contribution in [2.24, 2.45) is 0 Å². The molecule has 2 amide bonds. The molecule has 4 heteroatoms. The van der Waals surface area contributed by atoms with Crippen molar-refractivity contribution in [2.75, 3.05) is 6.54 Å². The van der Waals surface area contributed by atoms with Crippen LogP contribution in [-0.2, 0) is 16.0 Å². The monoisotopic (exact) mass is 219 g/mol. The van der Waals surface area contributed by atoms with Crippen molar-refractivity contribution in [2.45, 2.75) is 19.3 Å². The minimum Gasteiger partial charge on any atom is -0.508 e. The van der Waals surface area contributed by atoms with E-state index in [0.717, 1.165) is 12.0 Å². The molecule has 1 aliphatic heterocycles. The van der Waals surface area contributed by atoms with E-state index < -0.39 is 0 Å². The van der Waals surface area contributed by atoms with Gasteiger partial charge in [-0.05, 0) is 24.1 Å². The molecule has 4 nitrogen and oxygen atoms in total. The molecule has 2 rings (SSSR count). The molecule has 0 unspecified atom stereocenters. The zero-order valence-electron chi connectivity index (χ0n) is 8.85. The van der Waals surface area contributed by atoms with E-state index in [2.05, 4.69) is 0 Å². The Labute approximate surface area is 93.5 Å². The van der Waals surface area contributed by atoms with Crippen LogP contribution in [0.5, 0.6) is 5.75 Å². The number of hydrogen-bond acceptors (Lipinski definition) is 3. The van der Waals surface area contributed by atoms with Crippen molar-refractivity contribution in [3.63, 3.8) is 0 Å². The summed E-state index contributed by atoms with van der Waals surface area (Å²) in [4.78, 5) is 24.4. The van der Waals surface area contributed by atoms with Crippen LogP contribution in [-0.4, -0.2) is 28.4 Å². The smallest absolute Gasteiger partial charge is 0.233 e. The van der Waals surface area contributed by atoms with Crippen molar-refractivity contribution in [3.8, 4) is 5.75 Å². The van der Waals surface area contributed by atoms with E-state index in [4.69, 9.17) is 5.11 Å². The molecule has 1 saturated heterocycles. The van der Waals surface area contributed by atoms with Crippen LogP contribution in [0.1, 0.15) is 18.4 Å². The lowest BCUT2D eigenvalue weighted by molar-refractivity contribution is -0.141. The number of carbonyl (C=O) groups is 2. The fourth-order valence-electron chi connectivity index (χ4n) is 1.80. The summed E-state index contributed by atoms with van der Waals surface area (Å²) >= 11 is 0. The highest BCUT2D eigenvalue weighted by Gasteiger charge is 2.25. The third kappa shape index (κ3) is 2.21. The Balaban J connectivity index is 2.02.